The van der Waals surface area contributed by atoms with Gasteiger partial charge in [0.25, 0.3) is 0 Å². The first-order valence-corrected chi connectivity index (χ1v) is 7.23. The van der Waals surface area contributed by atoms with Crippen molar-refractivity contribution in [3.05, 3.63) is 18.2 Å². The summed E-state index contributed by atoms with van der Waals surface area (Å²) in [6.07, 6.45) is 2.03. The van der Waals surface area contributed by atoms with E-state index in [9.17, 15) is 4.79 Å². The molecule has 1 unspecified atom stereocenters. The Morgan fingerprint density at radius 1 is 1.50 bits per heavy atom. The summed E-state index contributed by atoms with van der Waals surface area (Å²) >= 11 is 0. The zero-order valence-electron chi connectivity index (χ0n) is 11.8. The minimum Gasteiger partial charge on any atom is -0.490 e. The molecule has 1 atom stereocenters. The molecular weight excluding hydrogens is 254 g/mol. The van der Waals surface area contributed by atoms with Crippen LogP contribution in [0.25, 0.3) is 0 Å². The number of rotatable bonds is 2. The van der Waals surface area contributed by atoms with E-state index < -0.39 is 0 Å². The fraction of sp³-hybridized carbons (Fsp3) is 0.533. The number of anilines is 2. The summed E-state index contributed by atoms with van der Waals surface area (Å²) in [5, 5.41) is 6.29. The van der Waals surface area contributed by atoms with Gasteiger partial charge in [0.2, 0.25) is 5.91 Å². The van der Waals surface area contributed by atoms with E-state index in [4.69, 9.17) is 4.74 Å². The van der Waals surface area contributed by atoms with E-state index in [1.165, 1.54) is 0 Å². The van der Waals surface area contributed by atoms with E-state index in [0.717, 1.165) is 49.6 Å². The molecule has 0 radical (unpaired) electrons. The highest BCUT2D eigenvalue weighted by Gasteiger charge is 2.22. The Labute approximate surface area is 119 Å². The molecule has 1 amide bonds. The molecule has 20 heavy (non-hydrogen) atoms. The number of carbonyl (C=O) groups is 1. The fourth-order valence-electron chi connectivity index (χ4n) is 2.75. The molecule has 3 rings (SSSR count). The van der Waals surface area contributed by atoms with Crippen LogP contribution in [0, 0.1) is 5.92 Å². The molecule has 2 aliphatic rings. The van der Waals surface area contributed by atoms with Gasteiger partial charge in [-0.2, -0.15) is 0 Å². The average Bonchev–Trinajstić information content (AvgIpc) is 2.49. The highest BCUT2D eigenvalue weighted by Crippen LogP contribution is 2.33. The number of hydrogen-bond donors (Lipinski definition) is 2. The fourth-order valence-corrected chi connectivity index (χ4v) is 2.75. The van der Waals surface area contributed by atoms with E-state index in [-0.39, 0.29) is 11.8 Å². The van der Waals surface area contributed by atoms with Gasteiger partial charge in [-0.3, -0.25) is 4.79 Å². The second kappa shape index (κ2) is 5.71. The first kappa shape index (κ1) is 13.2. The number of nitrogens with one attached hydrogen (secondary N) is 2. The third kappa shape index (κ3) is 2.72. The molecule has 2 heterocycles. The SMILES string of the molecule is CN1CCOc2ccc(NC(=O)C3CCCNC3)cc21. The third-order valence-corrected chi connectivity index (χ3v) is 3.99. The largest absolute Gasteiger partial charge is 0.490 e. The molecule has 2 N–H and O–H groups in total. The number of likely N-dealkylation sites (N-methyl/N-ethyl adjacent to an activating group) is 1. The number of ether oxygens (including phenoxy) is 1. The lowest BCUT2D eigenvalue weighted by molar-refractivity contribution is -0.120. The number of piperidine rings is 1. The third-order valence-electron chi connectivity index (χ3n) is 3.99. The molecule has 5 nitrogen and oxygen atoms in total. The highest BCUT2D eigenvalue weighted by molar-refractivity contribution is 5.93. The molecular formula is C15H21N3O2. The van der Waals surface area contributed by atoms with Crippen LogP contribution in [0.5, 0.6) is 5.75 Å². The molecule has 1 fully saturated rings. The maximum Gasteiger partial charge on any atom is 0.228 e. The maximum atomic E-state index is 12.2. The molecule has 1 saturated heterocycles. The predicted molar refractivity (Wildman–Crippen MR) is 79.4 cm³/mol. The minimum absolute atomic E-state index is 0.0776. The molecule has 1 aromatic carbocycles. The summed E-state index contributed by atoms with van der Waals surface area (Å²) in [6, 6.07) is 5.83. The van der Waals surface area contributed by atoms with Gasteiger partial charge in [0.15, 0.2) is 0 Å². The summed E-state index contributed by atoms with van der Waals surface area (Å²) in [5.74, 6) is 1.07. The van der Waals surface area contributed by atoms with Gasteiger partial charge in [-0.25, -0.2) is 0 Å². The van der Waals surface area contributed by atoms with E-state index in [0.29, 0.717) is 6.61 Å². The Morgan fingerprint density at radius 2 is 2.40 bits per heavy atom. The molecule has 0 aliphatic carbocycles. The van der Waals surface area contributed by atoms with Crippen LogP contribution in [-0.4, -0.2) is 39.2 Å². The Balaban J connectivity index is 1.71. The molecule has 0 saturated carbocycles. The topological polar surface area (TPSA) is 53.6 Å². The lowest BCUT2D eigenvalue weighted by Gasteiger charge is -2.28. The van der Waals surface area contributed by atoms with Crippen molar-refractivity contribution in [3.63, 3.8) is 0 Å². The van der Waals surface area contributed by atoms with Gasteiger partial charge in [0, 0.05) is 19.3 Å². The number of nitrogens with zero attached hydrogens (tertiary/aromatic N) is 1. The lowest BCUT2D eigenvalue weighted by atomic mass is 9.99. The Kier molecular flexibility index (Phi) is 3.78. The normalized spacial score (nSPS) is 21.9. The Morgan fingerprint density at radius 3 is 3.20 bits per heavy atom. The number of amides is 1. The molecule has 5 heteroatoms. The van der Waals surface area contributed by atoms with Gasteiger partial charge in [0.1, 0.15) is 12.4 Å². The van der Waals surface area contributed by atoms with Crippen molar-refractivity contribution in [1.29, 1.82) is 0 Å². The van der Waals surface area contributed by atoms with Crippen molar-refractivity contribution in [2.24, 2.45) is 5.92 Å². The molecule has 0 bridgehead atoms. The van der Waals surface area contributed by atoms with Gasteiger partial charge in [-0.05, 0) is 37.6 Å². The van der Waals surface area contributed by atoms with E-state index in [1.54, 1.807) is 0 Å². The smallest absolute Gasteiger partial charge is 0.228 e. The summed E-state index contributed by atoms with van der Waals surface area (Å²) in [7, 11) is 2.04. The van der Waals surface area contributed by atoms with Crippen LogP contribution in [0.1, 0.15) is 12.8 Å². The van der Waals surface area contributed by atoms with Gasteiger partial charge in [-0.15, -0.1) is 0 Å². The summed E-state index contributed by atoms with van der Waals surface area (Å²) < 4.78 is 5.61. The van der Waals surface area contributed by atoms with Gasteiger partial charge in [-0.1, -0.05) is 0 Å². The summed E-state index contributed by atoms with van der Waals surface area (Å²) in [6.45, 7) is 3.38. The zero-order chi connectivity index (χ0) is 13.9. The van der Waals surface area contributed by atoms with Crippen LogP contribution in [0.4, 0.5) is 11.4 Å². The highest BCUT2D eigenvalue weighted by atomic mass is 16.5. The van der Waals surface area contributed by atoms with Gasteiger partial charge < -0.3 is 20.3 Å². The monoisotopic (exact) mass is 275 g/mol. The second-order valence-corrected chi connectivity index (χ2v) is 5.49. The Bertz CT molecular complexity index is 498. The summed E-state index contributed by atoms with van der Waals surface area (Å²) in [5.41, 5.74) is 1.88. The van der Waals surface area contributed by atoms with Crippen LogP contribution >= 0.6 is 0 Å². The molecule has 108 valence electrons. The van der Waals surface area contributed by atoms with Gasteiger partial charge >= 0.3 is 0 Å². The van der Waals surface area contributed by atoms with Crippen LogP contribution in [0.15, 0.2) is 18.2 Å². The van der Waals surface area contributed by atoms with Crippen molar-refractivity contribution in [1.82, 2.24) is 5.32 Å². The van der Waals surface area contributed by atoms with Gasteiger partial charge in [0.05, 0.1) is 18.2 Å². The van der Waals surface area contributed by atoms with Crippen molar-refractivity contribution in [2.75, 3.05) is 43.5 Å². The predicted octanol–water partition coefficient (Wildman–Crippen LogP) is 1.45. The van der Waals surface area contributed by atoms with Crippen molar-refractivity contribution in [2.45, 2.75) is 12.8 Å². The summed E-state index contributed by atoms with van der Waals surface area (Å²) in [4.78, 5) is 14.4. The zero-order valence-corrected chi connectivity index (χ0v) is 11.8. The minimum atomic E-state index is 0.0776. The maximum absolute atomic E-state index is 12.2. The molecule has 1 aromatic rings. The van der Waals surface area contributed by atoms with Crippen molar-refractivity contribution in [3.8, 4) is 5.75 Å². The van der Waals surface area contributed by atoms with Crippen LogP contribution in [0.2, 0.25) is 0 Å². The van der Waals surface area contributed by atoms with E-state index in [2.05, 4.69) is 15.5 Å². The van der Waals surface area contributed by atoms with Crippen LogP contribution < -0.4 is 20.3 Å². The van der Waals surface area contributed by atoms with E-state index in [1.807, 2.05) is 25.2 Å². The number of carbonyl (C=O) groups excluding carboxylic acids is 1. The molecule has 0 spiro atoms. The standard InChI is InChI=1S/C15H21N3O2/c1-18-7-8-20-14-5-4-12(9-13(14)18)17-15(19)11-3-2-6-16-10-11/h4-5,9,11,16H,2-3,6-8,10H2,1H3,(H,17,19). The van der Waals surface area contributed by atoms with Crippen molar-refractivity contribution >= 4 is 17.3 Å². The van der Waals surface area contributed by atoms with E-state index >= 15 is 0 Å². The average molecular weight is 275 g/mol. The lowest BCUT2D eigenvalue weighted by Crippen LogP contribution is -2.37. The number of benzene rings is 1. The first-order valence-electron chi connectivity index (χ1n) is 7.23. The second-order valence-electron chi connectivity index (χ2n) is 5.49. The Hall–Kier alpha value is -1.75. The quantitative estimate of drug-likeness (QED) is 0.858. The van der Waals surface area contributed by atoms with Crippen LogP contribution in [0.3, 0.4) is 0 Å². The van der Waals surface area contributed by atoms with Crippen LogP contribution in [-0.2, 0) is 4.79 Å². The number of fused-ring (bicyclic) bond motifs is 1. The first-order chi connectivity index (χ1) is 9.74. The molecule has 0 aromatic heterocycles. The molecule has 2 aliphatic heterocycles. The number of hydrogen-bond acceptors (Lipinski definition) is 4. The van der Waals surface area contributed by atoms with Crippen molar-refractivity contribution < 1.29 is 9.53 Å².